The molecule has 0 aromatic carbocycles. The maximum Gasteiger partial charge on any atom is 0.227 e. The molecule has 0 aromatic heterocycles. The van der Waals surface area contributed by atoms with E-state index in [2.05, 4.69) is 0 Å². The lowest BCUT2D eigenvalue weighted by molar-refractivity contribution is -0.140. The third-order valence-electron chi connectivity index (χ3n) is 2.01. The molecule has 0 heterocycles. The van der Waals surface area contributed by atoms with Gasteiger partial charge in [-0.3, -0.25) is 9.59 Å². The molecule has 5 nitrogen and oxygen atoms in total. The maximum atomic E-state index is 10.9. The number of carbonyl (C=O) groups excluding carboxylic acids is 2. The van der Waals surface area contributed by atoms with Gasteiger partial charge in [0.2, 0.25) is 11.6 Å². The van der Waals surface area contributed by atoms with Crippen molar-refractivity contribution in [3.63, 3.8) is 0 Å². The van der Waals surface area contributed by atoms with Gasteiger partial charge in [-0.15, -0.1) is 0 Å². The van der Waals surface area contributed by atoms with E-state index >= 15 is 0 Å². The highest BCUT2D eigenvalue weighted by Gasteiger charge is 2.43. The molecule has 3 N–H and O–H groups in total. The summed E-state index contributed by atoms with van der Waals surface area (Å²) in [6.45, 7) is -0.573. The molecule has 0 radical (unpaired) electrons. The molecular weight excluding hydrogens is 164 g/mol. The molecule has 1 fully saturated rings. The van der Waals surface area contributed by atoms with Crippen LogP contribution in [-0.2, 0) is 9.59 Å². The van der Waals surface area contributed by atoms with Crippen LogP contribution in [0.15, 0.2) is 0 Å². The minimum absolute atomic E-state index is 0.0839. The Balaban J connectivity index is 2.71. The Hall–Kier alpha value is -0.780. The van der Waals surface area contributed by atoms with Crippen LogP contribution in [0.4, 0.5) is 0 Å². The lowest BCUT2D eigenvalue weighted by Crippen LogP contribution is -2.29. The van der Waals surface area contributed by atoms with Crippen molar-refractivity contribution in [1.82, 2.24) is 0 Å². The summed E-state index contributed by atoms with van der Waals surface area (Å²) in [5, 5.41) is 26.4. The second kappa shape index (κ2) is 3.30. The molecule has 1 aliphatic carbocycles. The van der Waals surface area contributed by atoms with Crippen LogP contribution in [0.1, 0.15) is 6.42 Å². The van der Waals surface area contributed by atoms with Crippen LogP contribution < -0.4 is 0 Å². The highest BCUT2D eigenvalue weighted by atomic mass is 16.3. The van der Waals surface area contributed by atoms with E-state index in [9.17, 15) is 9.59 Å². The van der Waals surface area contributed by atoms with Crippen molar-refractivity contribution in [3.8, 4) is 0 Å². The second-order valence-electron chi connectivity index (χ2n) is 2.84. The Morgan fingerprint density at radius 2 is 2.00 bits per heavy atom. The molecule has 0 amide bonds. The summed E-state index contributed by atoms with van der Waals surface area (Å²) in [5.74, 6) is -2.59. The van der Waals surface area contributed by atoms with Crippen molar-refractivity contribution >= 4 is 11.6 Å². The fourth-order valence-electron chi connectivity index (χ4n) is 1.26. The van der Waals surface area contributed by atoms with Crippen molar-refractivity contribution in [1.29, 1.82) is 0 Å². The SMILES string of the molecule is O=C1C(=O)C(C(O)CO)CC1O. The Labute approximate surface area is 68.6 Å². The van der Waals surface area contributed by atoms with Gasteiger partial charge in [0.05, 0.1) is 18.6 Å². The molecule has 3 unspecified atom stereocenters. The fraction of sp³-hybridized carbons (Fsp3) is 0.714. The summed E-state index contributed by atoms with van der Waals surface area (Å²) in [6, 6.07) is 0. The number of aliphatic hydroxyl groups is 3. The molecule has 0 spiro atoms. The lowest BCUT2D eigenvalue weighted by Gasteiger charge is -2.11. The summed E-state index contributed by atoms with van der Waals surface area (Å²) in [5.41, 5.74) is 0. The first-order chi connectivity index (χ1) is 5.57. The summed E-state index contributed by atoms with van der Waals surface area (Å²) >= 11 is 0. The van der Waals surface area contributed by atoms with Crippen molar-refractivity contribution in [3.05, 3.63) is 0 Å². The van der Waals surface area contributed by atoms with E-state index in [1.807, 2.05) is 0 Å². The molecule has 68 valence electrons. The summed E-state index contributed by atoms with van der Waals surface area (Å²) in [7, 11) is 0. The summed E-state index contributed by atoms with van der Waals surface area (Å²) in [6.07, 6.45) is -2.62. The zero-order valence-corrected chi connectivity index (χ0v) is 6.30. The molecule has 1 rings (SSSR count). The Morgan fingerprint density at radius 3 is 2.33 bits per heavy atom. The molecule has 0 aliphatic heterocycles. The van der Waals surface area contributed by atoms with Crippen LogP contribution >= 0.6 is 0 Å². The minimum atomic E-state index is -1.30. The number of hydrogen-bond acceptors (Lipinski definition) is 5. The first-order valence-electron chi connectivity index (χ1n) is 3.63. The molecule has 0 saturated heterocycles. The van der Waals surface area contributed by atoms with E-state index < -0.39 is 36.3 Å². The van der Waals surface area contributed by atoms with E-state index in [0.29, 0.717) is 0 Å². The Kier molecular flexibility index (Phi) is 2.56. The van der Waals surface area contributed by atoms with Gasteiger partial charge in [0.1, 0.15) is 6.10 Å². The third kappa shape index (κ3) is 1.38. The number of hydrogen-bond donors (Lipinski definition) is 3. The molecule has 1 saturated carbocycles. The zero-order chi connectivity index (χ0) is 9.30. The van der Waals surface area contributed by atoms with E-state index in [-0.39, 0.29) is 6.42 Å². The highest BCUT2D eigenvalue weighted by Crippen LogP contribution is 2.22. The molecule has 0 bridgehead atoms. The average Bonchev–Trinajstić information content (AvgIpc) is 2.32. The van der Waals surface area contributed by atoms with Crippen LogP contribution in [-0.4, -0.2) is 45.7 Å². The summed E-state index contributed by atoms with van der Waals surface area (Å²) < 4.78 is 0. The van der Waals surface area contributed by atoms with Crippen LogP contribution in [0.3, 0.4) is 0 Å². The smallest absolute Gasteiger partial charge is 0.227 e. The molecular formula is C7H10O5. The van der Waals surface area contributed by atoms with Gasteiger partial charge in [0.25, 0.3) is 0 Å². The monoisotopic (exact) mass is 174 g/mol. The van der Waals surface area contributed by atoms with Gasteiger partial charge in [-0.05, 0) is 6.42 Å². The predicted octanol–water partition coefficient (Wildman–Crippen LogP) is -2.14. The highest BCUT2D eigenvalue weighted by molar-refractivity contribution is 6.41. The minimum Gasteiger partial charge on any atom is -0.394 e. The van der Waals surface area contributed by atoms with Gasteiger partial charge in [0.15, 0.2) is 0 Å². The van der Waals surface area contributed by atoms with Gasteiger partial charge in [-0.2, -0.15) is 0 Å². The summed E-state index contributed by atoms with van der Waals surface area (Å²) in [4.78, 5) is 21.7. The molecule has 12 heavy (non-hydrogen) atoms. The van der Waals surface area contributed by atoms with E-state index in [0.717, 1.165) is 0 Å². The van der Waals surface area contributed by atoms with Crippen LogP contribution in [0.5, 0.6) is 0 Å². The van der Waals surface area contributed by atoms with Gasteiger partial charge in [-0.1, -0.05) is 0 Å². The Morgan fingerprint density at radius 1 is 1.42 bits per heavy atom. The molecule has 1 aliphatic rings. The number of Topliss-reactive ketones (excluding diaryl/α,β-unsaturated/α-hetero) is 2. The van der Waals surface area contributed by atoms with Crippen molar-refractivity contribution in [2.24, 2.45) is 5.92 Å². The van der Waals surface area contributed by atoms with Crippen LogP contribution in [0, 0.1) is 5.92 Å². The Bertz CT molecular complexity index is 212. The number of aliphatic hydroxyl groups excluding tert-OH is 3. The molecule has 5 heteroatoms. The largest absolute Gasteiger partial charge is 0.394 e. The normalized spacial score (nSPS) is 32.6. The van der Waals surface area contributed by atoms with Gasteiger partial charge >= 0.3 is 0 Å². The van der Waals surface area contributed by atoms with Gasteiger partial charge in [0, 0.05) is 0 Å². The van der Waals surface area contributed by atoms with E-state index in [1.165, 1.54) is 0 Å². The lowest BCUT2D eigenvalue weighted by atomic mass is 10.0. The second-order valence-corrected chi connectivity index (χ2v) is 2.84. The molecule has 3 atom stereocenters. The van der Waals surface area contributed by atoms with E-state index in [4.69, 9.17) is 15.3 Å². The fourth-order valence-corrected chi connectivity index (χ4v) is 1.26. The van der Waals surface area contributed by atoms with E-state index in [1.54, 1.807) is 0 Å². The number of rotatable bonds is 2. The average molecular weight is 174 g/mol. The molecule has 0 aromatic rings. The van der Waals surface area contributed by atoms with Crippen LogP contribution in [0.2, 0.25) is 0 Å². The van der Waals surface area contributed by atoms with Gasteiger partial charge in [-0.25, -0.2) is 0 Å². The van der Waals surface area contributed by atoms with Crippen molar-refractivity contribution in [2.75, 3.05) is 6.61 Å². The maximum absolute atomic E-state index is 10.9. The first-order valence-corrected chi connectivity index (χ1v) is 3.63. The standard InChI is InChI=1S/C7H10O5/c8-2-5(10)3-1-4(9)7(12)6(3)11/h3-5,8-10H,1-2H2. The first kappa shape index (κ1) is 9.31. The topological polar surface area (TPSA) is 94.8 Å². The van der Waals surface area contributed by atoms with Crippen LogP contribution in [0.25, 0.3) is 0 Å². The van der Waals surface area contributed by atoms with Gasteiger partial charge < -0.3 is 15.3 Å². The number of carbonyl (C=O) groups is 2. The third-order valence-corrected chi connectivity index (χ3v) is 2.01. The van der Waals surface area contributed by atoms with Crippen molar-refractivity contribution in [2.45, 2.75) is 18.6 Å². The quantitative estimate of drug-likeness (QED) is 0.415. The zero-order valence-electron chi connectivity index (χ0n) is 6.30. The predicted molar refractivity (Wildman–Crippen MR) is 37.2 cm³/mol. The number of ketones is 2. The van der Waals surface area contributed by atoms with Crippen molar-refractivity contribution < 1.29 is 24.9 Å².